The number of aliphatic hydroxyl groups excluding tert-OH is 1. The van der Waals surface area contributed by atoms with Crippen LogP contribution in [0.5, 0.6) is 0 Å². The summed E-state index contributed by atoms with van der Waals surface area (Å²) >= 11 is 0. The van der Waals surface area contributed by atoms with Crippen LogP contribution in [0.25, 0.3) is 0 Å². The molecule has 0 saturated heterocycles. The Bertz CT molecular complexity index is 762. The molecule has 0 heterocycles. The number of carboxylic acid groups (broad SMARTS) is 1. The van der Waals surface area contributed by atoms with Crippen molar-refractivity contribution in [3.05, 3.63) is 0 Å². The predicted octanol–water partition coefficient (Wildman–Crippen LogP) is 8.15. The van der Waals surface area contributed by atoms with Crippen molar-refractivity contribution in [2.45, 2.75) is 199 Å². The van der Waals surface area contributed by atoms with Crippen molar-refractivity contribution in [2.24, 2.45) is 0 Å². The summed E-state index contributed by atoms with van der Waals surface area (Å²) in [4.78, 5) is 47.2. The molecule has 46 heavy (non-hydrogen) atoms. The highest BCUT2D eigenvalue weighted by Gasteiger charge is 2.19. The number of hydrogen-bond acceptors (Lipinski definition) is 6. The van der Waals surface area contributed by atoms with E-state index in [1.165, 1.54) is 96.3 Å². The van der Waals surface area contributed by atoms with Gasteiger partial charge in [0.2, 0.25) is 11.8 Å². The Kier molecular flexibility index (Phi) is 31.2. The average molecular weight is 655 g/mol. The summed E-state index contributed by atoms with van der Waals surface area (Å²) in [6.45, 7) is 3.45. The summed E-state index contributed by atoms with van der Waals surface area (Å²) in [6.07, 6.45) is 29.9. The van der Waals surface area contributed by atoms with E-state index < -0.39 is 24.5 Å². The lowest BCUT2D eigenvalue weighted by Crippen LogP contribution is -2.47. The van der Waals surface area contributed by atoms with Gasteiger partial charge >= 0.3 is 11.9 Å². The quantitative estimate of drug-likeness (QED) is 0.0405. The molecule has 4 N–H and O–H groups in total. The molecule has 0 aromatic heterocycles. The molecule has 0 rings (SSSR count). The number of rotatable bonds is 34. The summed E-state index contributed by atoms with van der Waals surface area (Å²) in [7, 11) is 0. The lowest BCUT2D eigenvalue weighted by atomic mass is 10.0. The zero-order chi connectivity index (χ0) is 34.1. The number of aliphatic hydroxyl groups is 1. The molecule has 0 aromatic rings. The van der Waals surface area contributed by atoms with Gasteiger partial charge in [0.15, 0.2) is 0 Å². The van der Waals surface area contributed by atoms with E-state index in [-0.39, 0.29) is 24.5 Å². The third-order valence-electron chi connectivity index (χ3n) is 8.60. The van der Waals surface area contributed by atoms with E-state index in [1.54, 1.807) is 0 Å². The number of nitrogens with one attached hydrogen (secondary N) is 2. The first-order valence-corrected chi connectivity index (χ1v) is 18.9. The number of carboxylic acids is 1. The van der Waals surface area contributed by atoms with E-state index in [9.17, 15) is 19.2 Å². The van der Waals surface area contributed by atoms with Crippen molar-refractivity contribution >= 4 is 23.8 Å². The highest BCUT2D eigenvalue weighted by Crippen LogP contribution is 2.19. The van der Waals surface area contributed by atoms with Gasteiger partial charge in [-0.15, -0.1) is 0 Å². The van der Waals surface area contributed by atoms with Crippen molar-refractivity contribution < 1.29 is 34.1 Å². The molecule has 0 aliphatic rings. The minimum absolute atomic E-state index is 0.000832. The number of amides is 2. The molecule has 0 spiro atoms. The van der Waals surface area contributed by atoms with Crippen LogP contribution in [0.15, 0.2) is 0 Å². The van der Waals surface area contributed by atoms with E-state index in [4.69, 9.17) is 14.9 Å². The Morgan fingerprint density at radius 3 is 1.41 bits per heavy atom. The first-order valence-electron chi connectivity index (χ1n) is 18.9. The lowest BCUT2D eigenvalue weighted by Gasteiger charge is -2.18. The molecule has 2 atom stereocenters. The molecule has 2 unspecified atom stereocenters. The number of carbonyl (C=O) groups excluding carboxylic acids is 3. The number of esters is 1. The summed E-state index contributed by atoms with van der Waals surface area (Å²) in [5, 5.41) is 22.5. The fourth-order valence-corrected chi connectivity index (χ4v) is 5.66. The summed E-state index contributed by atoms with van der Waals surface area (Å²) < 4.78 is 5.97. The van der Waals surface area contributed by atoms with Crippen LogP contribution in [-0.4, -0.2) is 59.3 Å². The fraction of sp³-hybridized carbons (Fsp3) is 0.892. The molecule has 270 valence electrons. The van der Waals surface area contributed by atoms with E-state index >= 15 is 0 Å². The van der Waals surface area contributed by atoms with Gasteiger partial charge in [0.1, 0.15) is 12.1 Å². The Balaban J connectivity index is 4.24. The van der Waals surface area contributed by atoms with Crippen LogP contribution in [0, 0.1) is 0 Å². The normalized spacial score (nSPS) is 12.4. The lowest BCUT2D eigenvalue weighted by molar-refractivity contribution is -0.150. The van der Waals surface area contributed by atoms with Crippen molar-refractivity contribution in [1.29, 1.82) is 0 Å². The van der Waals surface area contributed by atoms with Gasteiger partial charge in [-0.1, -0.05) is 136 Å². The van der Waals surface area contributed by atoms with Crippen molar-refractivity contribution in [3.63, 3.8) is 0 Å². The second-order valence-corrected chi connectivity index (χ2v) is 13.0. The Hall–Kier alpha value is -2.16. The second kappa shape index (κ2) is 32.8. The van der Waals surface area contributed by atoms with Gasteiger partial charge < -0.3 is 25.6 Å². The highest BCUT2D eigenvalue weighted by molar-refractivity contribution is 5.87. The van der Waals surface area contributed by atoms with Crippen LogP contribution in [0.1, 0.15) is 187 Å². The fourth-order valence-electron chi connectivity index (χ4n) is 5.66. The Labute approximate surface area is 280 Å². The molecule has 9 heteroatoms. The van der Waals surface area contributed by atoms with Crippen molar-refractivity contribution in [3.8, 4) is 0 Å². The van der Waals surface area contributed by atoms with Gasteiger partial charge in [-0.05, 0) is 38.5 Å². The molecule has 0 aliphatic heterocycles. The van der Waals surface area contributed by atoms with Gasteiger partial charge in [0.05, 0.1) is 13.2 Å². The zero-order valence-corrected chi connectivity index (χ0v) is 29.6. The minimum Gasteiger partial charge on any atom is -0.480 e. The highest BCUT2D eigenvalue weighted by atomic mass is 16.5. The monoisotopic (exact) mass is 655 g/mol. The van der Waals surface area contributed by atoms with E-state index in [2.05, 4.69) is 24.5 Å². The predicted molar refractivity (Wildman–Crippen MR) is 186 cm³/mol. The first-order chi connectivity index (χ1) is 22.3. The average Bonchev–Trinajstić information content (AvgIpc) is 3.03. The molecule has 0 aliphatic carbocycles. The largest absolute Gasteiger partial charge is 0.480 e. The number of hydrogen-bond donors (Lipinski definition) is 4. The maximum Gasteiger partial charge on any atom is 0.328 e. The van der Waals surface area contributed by atoms with Crippen LogP contribution >= 0.6 is 0 Å². The maximum atomic E-state index is 12.6. The van der Waals surface area contributed by atoms with Crippen LogP contribution in [0.2, 0.25) is 0 Å². The molecule has 0 fully saturated rings. The second-order valence-electron chi connectivity index (χ2n) is 13.0. The SMILES string of the molecule is CCCCCCCCCCCCCC(CCCCCCCC(=O)NCC(=O)NC(CO)C(=O)O)OC(=O)CCCCCCCCC. The third kappa shape index (κ3) is 29.3. The summed E-state index contributed by atoms with van der Waals surface area (Å²) in [5.74, 6) is -2.29. The van der Waals surface area contributed by atoms with E-state index in [1.807, 2.05) is 0 Å². The molecule has 2 amide bonds. The van der Waals surface area contributed by atoms with E-state index in [0.29, 0.717) is 19.3 Å². The third-order valence-corrected chi connectivity index (χ3v) is 8.60. The first kappa shape index (κ1) is 43.8. The van der Waals surface area contributed by atoms with Crippen LogP contribution in [0.4, 0.5) is 0 Å². The molecule has 0 bridgehead atoms. The molecule has 0 saturated carbocycles. The number of ether oxygens (including phenoxy) is 1. The number of unbranched alkanes of at least 4 members (excludes halogenated alkanes) is 20. The maximum absolute atomic E-state index is 12.6. The Morgan fingerprint density at radius 1 is 0.565 bits per heavy atom. The van der Waals surface area contributed by atoms with Crippen LogP contribution in [-0.2, 0) is 23.9 Å². The standard InChI is InChI=1S/C37H70N2O7/c1-3-5-7-9-11-12-13-14-16-18-22-26-32(46-36(43)29-25-21-15-10-8-6-4-2)27-23-19-17-20-24-28-34(41)38-30-35(42)39-33(31-40)37(44)45/h32-33,40H,3-31H2,1-2H3,(H,38,41)(H,39,42)(H,44,45). The molecule has 0 aromatic carbocycles. The molecule has 9 nitrogen and oxygen atoms in total. The molecular weight excluding hydrogens is 584 g/mol. The van der Waals surface area contributed by atoms with Crippen LogP contribution in [0.3, 0.4) is 0 Å². The topological polar surface area (TPSA) is 142 Å². The van der Waals surface area contributed by atoms with Gasteiger partial charge in [-0.3, -0.25) is 14.4 Å². The summed E-state index contributed by atoms with van der Waals surface area (Å²) in [6, 6.07) is -1.38. The minimum atomic E-state index is -1.38. The smallest absolute Gasteiger partial charge is 0.328 e. The van der Waals surface area contributed by atoms with Crippen molar-refractivity contribution in [1.82, 2.24) is 10.6 Å². The van der Waals surface area contributed by atoms with Gasteiger partial charge in [0.25, 0.3) is 0 Å². The van der Waals surface area contributed by atoms with Gasteiger partial charge in [0, 0.05) is 12.8 Å². The zero-order valence-electron chi connectivity index (χ0n) is 29.6. The number of aliphatic carboxylic acids is 1. The van der Waals surface area contributed by atoms with Crippen molar-refractivity contribution in [2.75, 3.05) is 13.2 Å². The molecular formula is C37H70N2O7. The number of carbonyl (C=O) groups is 4. The Morgan fingerprint density at radius 2 is 0.978 bits per heavy atom. The van der Waals surface area contributed by atoms with Crippen LogP contribution < -0.4 is 10.6 Å². The van der Waals surface area contributed by atoms with Gasteiger partial charge in [-0.25, -0.2) is 4.79 Å². The molecule has 0 radical (unpaired) electrons. The van der Waals surface area contributed by atoms with Gasteiger partial charge in [-0.2, -0.15) is 0 Å². The van der Waals surface area contributed by atoms with E-state index in [0.717, 1.165) is 57.8 Å². The summed E-state index contributed by atoms with van der Waals surface area (Å²) in [5.41, 5.74) is 0.